The molecular weight excluding hydrogens is 438 g/mol. The number of ether oxygens (including phenoxy) is 3. The van der Waals surface area contributed by atoms with E-state index in [1.165, 1.54) is 19.1 Å². The third-order valence-corrected chi connectivity index (χ3v) is 5.72. The number of methoxy groups -OCH3 is 3. The minimum atomic E-state index is -0.924. The Morgan fingerprint density at radius 3 is 2.35 bits per heavy atom. The minimum Gasteiger partial charge on any atom is -0.507 e. The van der Waals surface area contributed by atoms with Crippen molar-refractivity contribution in [3.63, 3.8) is 0 Å². The third kappa shape index (κ3) is 4.10. The van der Waals surface area contributed by atoms with Crippen LogP contribution < -0.4 is 14.2 Å². The smallest absolute Gasteiger partial charge is 0.296 e. The van der Waals surface area contributed by atoms with Gasteiger partial charge in [-0.1, -0.05) is 12.1 Å². The Labute approximate surface area is 197 Å². The van der Waals surface area contributed by atoms with E-state index in [1.807, 2.05) is 6.07 Å². The first-order chi connectivity index (χ1) is 16.4. The third-order valence-electron chi connectivity index (χ3n) is 5.72. The molecule has 1 amide bonds. The van der Waals surface area contributed by atoms with Gasteiger partial charge in [0.2, 0.25) is 0 Å². The molecule has 1 aliphatic rings. The van der Waals surface area contributed by atoms with Crippen LogP contribution in [0.2, 0.25) is 0 Å². The van der Waals surface area contributed by atoms with Gasteiger partial charge in [0.1, 0.15) is 40.6 Å². The summed E-state index contributed by atoms with van der Waals surface area (Å²) in [5.41, 5.74) is 0.943. The summed E-state index contributed by atoms with van der Waals surface area (Å²) in [6, 6.07) is 14.5. The fourth-order valence-electron chi connectivity index (χ4n) is 4.05. The normalized spacial score (nSPS) is 17.2. The number of nitrogens with zero attached hydrogens (tertiary/aromatic N) is 1. The molecule has 8 nitrogen and oxygen atoms in total. The topological polar surface area (TPSA) is 98.4 Å². The number of rotatable bonds is 7. The van der Waals surface area contributed by atoms with Crippen LogP contribution in [-0.2, 0) is 16.1 Å². The van der Waals surface area contributed by atoms with Gasteiger partial charge in [0.15, 0.2) is 0 Å². The molecule has 8 heteroatoms. The number of amides is 1. The fraction of sp³-hybridized carbons (Fsp3) is 0.231. The molecule has 2 heterocycles. The van der Waals surface area contributed by atoms with Gasteiger partial charge in [0.05, 0.1) is 32.5 Å². The van der Waals surface area contributed by atoms with Crippen molar-refractivity contribution in [2.24, 2.45) is 0 Å². The number of benzene rings is 2. The van der Waals surface area contributed by atoms with Crippen LogP contribution >= 0.6 is 0 Å². The Balaban J connectivity index is 1.86. The average Bonchev–Trinajstić information content (AvgIpc) is 3.39. The van der Waals surface area contributed by atoms with Crippen LogP contribution in [0.5, 0.6) is 17.2 Å². The molecule has 1 saturated heterocycles. The molecular formula is C26H25NO7. The number of hydrogen-bond acceptors (Lipinski definition) is 7. The Bertz CT molecular complexity index is 1270. The molecule has 1 atom stereocenters. The van der Waals surface area contributed by atoms with Crippen LogP contribution in [0.25, 0.3) is 5.76 Å². The number of ketones is 1. The van der Waals surface area contributed by atoms with Crippen molar-refractivity contribution < 1.29 is 33.3 Å². The van der Waals surface area contributed by atoms with Crippen LogP contribution in [-0.4, -0.2) is 43.0 Å². The molecule has 1 fully saturated rings. The quantitative estimate of drug-likeness (QED) is 0.318. The molecule has 0 radical (unpaired) electrons. The van der Waals surface area contributed by atoms with Crippen molar-refractivity contribution in [1.29, 1.82) is 0 Å². The van der Waals surface area contributed by atoms with Gasteiger partial charge in [0.25, 0.3) is 11.7 Å². The zero-order chi connectivity index (χ0) is 24.4. The Kier molecular flexibility index (Phi) is 6.32. The van der Waals surface area contributed by atoms with Crippen LogP contribution in [0.4, 0.5) is 0 Å². The second kappa shape index (κ2) is 9.35. The van der Waals surface area contributed by atoms with E-state index < -0.39 is 17.7 Å². The number of hydrogen-bond donors (Lipinski definition) is 1. The highest BCUT2D eigenvalue weighted by molar-refractivity contribution is 6.46. The molecule has 2 aromatic carbocycles. The molecule has 1 aromatic heterocycles. The molecule has 3 aromatic rings. The number of aryl methyl sites for hydroxylation is 1. The van der Waals surface area contributed by atoms with Gasteiger partial charge in [0, 0.05) is 12.6 Å². The van der Waals surface area contributed by atoms with Crippen LogP contribution in [0.3, 0.4) is 0 Å². The largest absolute Gasteiger partial charge is 0.507 e. The van der Waals surface area contributed by atoms with E-state index in [0.29, 0.717) is 28.8 Å². The number of furan rings is 1. The fourth-order valence-corrected chi connectivity index (χ4v) is 4.05. The summed E-state index contributed by atoms with van der Waals surface area (Å²) in [5, 5.41) is 11.3. The van der Waals surface area contributed by atoms with E-state index in [4.69, 9.17) is 18.6 Å². The van der Waals surface area contributed by atoms with Crippen LogP contribution in [0, 0.1) is 6.92 Å². The first-order valence-electron chi connectivity index (χ1n) is 10.6. The van der Waals surface area contributed by atoms with Crippen molar-refractivity contribution in [2.75, 3.05) is 21.3 Å². The molecule has 0 spiro atoms. The Morgan fingerprint density at radius 2 is 1.71 bits per heavy atom. The SMILES string of the molecule is COc1cccc(CN2C(=O)C(=O)/C(=C(\O)c3ccc(OC)cc3OC)C2c2ccc(C)o2)c1. The lowest BCUT2D eigenvalue weighted by molar-refractivity contribution is -0.140. The van der Waals surface area contributed by atoms with Gasteiger partial charge in [-0.2, -0.15) is 0 Å². The lowest BCUT2D eigenvalue weighted by atomic mass is 9.98. The zero-order valence-electron chi connectivity index (χ0n) is 19.3. The second-order valence-electron chi connectivity index (χ2n) is 7.79. The number of carbonyl (C=O) groups excluding carboxylic acids is 2. The number of aliphatic hydroxyl groups is 1. The van der Waals surface area contributed by atoms with Crippen molar-refractivity contribution in [2.45, 2.75) is 19.5 Å². The van der Waals surface area contributed by atoms with Crippen molar-refractivity contribution in [3.8, 4) is 17.2 Å². The molecule has 1 unspecified atom stereocenters. The number of likely N-dealkylation sites (tertiary alicyclic amines) is 1. The van der Waals surface area contributed by atoms with E-state index in [-0.39, 0.29) is 23.4 Å². The molecule has 1 N–H and O–H groups in total. The molecule has 1 aliphatic heterocycles. The van der Waals surface area contributed by atoms with E-state index in [1.54, 1.807) is 62.6 Å². The lowest BCUT2D eigenvalue weighted by Gasteiger charge is -2.23. The highest BCUT2D eigenvalue weighted by atomic mass is 16.5. The van der Waals surface area contributed by atoms with Gasteiger partial charge in [-0.15, -0.1) is 0 Å². The summed E-state index contributed by atoms with van der Waals surface area (Å²) in [7, 11) is 4.51. The molecule has 0 aliphatic carbocycles. The van der Waals surface area contributed by atoms with Crippen LogP contribution in [0.1, 0.15) is 28.7 Å². The second-order valence-corrected chi connectivity index (χ2v) is 7.79. The summed E-state index contributed by atoms with van der Waals surface area (Å²) in [6.07, 6.45) is 0. The standard InChI is InChI=1S/C26H25NO7/c1-15-8-11-20(34-15)23-22(24(28)19-10-9-18(32-3)13-21(19)33-4)25(29)26(30)27(23)14-16-6-5-7-17(12-16)31-2/h5-13,23,28H,14H2,1-4H3/b24-22-. The van der Waals surface area contributed by atoms with Gasteiger partial charge in [-0.25, -0.2) is 0 Å². The maximum Gasteiger partial charge on any atom is 0.296 e. The average molecular weight is 463 g/mol. The summed E-state index contributed by atoms with van der Waals surface area (Å²) >= 11 is 0. The van der Waals surface area contributed by atoms with Gasteiger partial charge >= 0.3 is 0 Å². The summed E-state index contributed by atoms with van der Waals surface area (Å²) in [6.45, 7) is 1.88. The summed E-state index contributed by atoms with van der Waals surface area (Å²) in [5.74, 6) is 0.522. The first kappa shape index (κ1) is 23.0. The van der Waals surface area contributed by atoms with Gasteiger partial charge in [-0.3, -0.25) is 9.59 Å². The van der Waals surface area contributed by atoms with E-state index >= 15 is 0 Å². The highest BCUT2D eigenvalue weighted by Crippen LogP contribution is 2.42. The summed E-state index contributed by atoms with van der Waals surface area (Å²) in [4.78, 5) is 27.8. The Morgan fingerprint density at radius 1 is 0.971 bits per heavy atom. The summed E-state index contributed by atoms with van der Waals surface area (Å²) < 4.78 is 21.7. The predicted octanol–water partition coefficient (Wildman–Crippen LogP) is 4.24. The molecule has 34 heavy (non-hydrogen) atoms. The van der Waals surface area contributed by atoms with Crippen molar-refractivity contribution in [1.82, 2.24) is 4.90 Å². The number of carbonyl (C=O) groups is 2. The maximum atomic E-state index is 13.2. The highest BCUT2D eigenvalue weighted by Gasteiger charge is 2.47. The van der Waals surface area contributed by atoms with E-state index in [0.717, 1.165) is 5.56 Å². The minimum absolute atomic E-state index is 0.0780. The predicted molar refractivity (Wildman–Crippen MR) is 124 cm³/mol. The zero-order valence-corrected chi connectivity index (χ0v) is 19.3. The number of aliphatic hydroxyl groups excluding tert-OH is 1. The monoisotopic (exact) mass is 463 g/mol. The van der Waals surface area contributed by atoms with Gasteiger partial charge in [-0.05, 0) is 48.9 Å². The van der Waals surface area contributed by atoms with Gasteiger partial charge < -0.3 is 28.6 Å². The molecule has 0 bridgehead atoms. The maximum absolute atomic E-state index is 13.2. The van der Waals surface area contributed by atoms with E-state index in [9.17, 15) is 14.7 Å². The van der Waals surface area contributed by atoms with Crippen molar-refractivity contribution >= 4 is 17.4 Å². The van der Waals surface area contributed by atoms with Crippen molar-refractivity contribution in [3.05, 3.63) is 82.8 Å². The van der Waals surface area contributed by atoms with E-state index in [2.05, 4.69) is 0 Å². The molecule has 0 saturated carbocycles. The molecule has 176 valence electrons. The lowest BCUT2D eigenvalue weighted by Crippen LogP contribution is -2.29. The van der Waals surface area contributed by atoms with Crippen LogP contribution in [0.15, 0.2) is 64.6 Å². The molecule has 4 rings (SSSR count). The first-order valence-corrected chi connectivity index (χ1v) is 10.6. The Hall–Kier alpha value is -4.20. The number of Topliss-reactive ketones (excluding diaryl/α,β-unsaturated/α-hetero) is 1.